The highest BCUT2D eigenvalue weighted by Gasteiger charge is 2.09. The molecular weight excluding hydrogens is 337 g/mol. The van der Waals surface area contributed by atoms with Gasteiger partial charge in [-0.25, -0.2) is 4.39 Å². The molecule has 0 aliphatic carbocycles. The fourth-order valence-corrected chi connectivity index (χ4v) is 2.30. The number of halogens is 2. The fraction of sp³-hybridized carbons (Fsp3) is 0.250. The van der Waals surface area contributed by atoms with E-state index in [4.69, 9.17) is 15.2 Å². The van der Waals surface area contributed by atoms with Gasteiger partial charge in [0.15, 0.2) is 11.5 Å². The van der Waals surface area contributed by atoms with Gasteiger partial charge in [0.05, 0.1) is 11.6 Å². The zero-order valence-corrected chi connectivity index (χ0v) is 13.5. The first-order valence-electron chi connectivity index (χ1n) is 6.51. The van der Waals surface area contributed by atoms with Gasteiger partial charge in [0.2, 0.25) is 0 Å². The minimum atomic E-state index is -0.294. The van der Waals surface area contributed by atoms with Crippen molar-refractivity contribution in [3.8, 4) is 11.5 Å². The molecular formula is C16H17BrFNO2. The Bertz CT molecular complexity index is 632. The SMILES string of the molecule is COc1cc([C@@H](C)N)ccc1OCc1ccc(F)c(Br)c1. The first kappa shape index (κ1) is 15.8. The van der Waals surface area contributed by atoms with Crippen LogP contribution in [0.2, 0.25) is 0 Å². The lowest BCUT2D eigenvalue weighted by molar-refractivity contribution is 0.284. The van der Waals surface area contributed by atoms with Crippen LogP contribution in [0.1, 0.15) is 24.1 Å². The van der Waals surface area contributed by atoms with Crippen LogP contribution in [0.4, 0.5) is 4.39 Å². The van der Waals surface area contributed by atoms with Crippen LogP contribution in [0.5, 0.6) is 11.5 Å². The molecule has 0 spiro atoms. The summed E-state index contributed by atoms with van der Waals surface area (Å²) in [5.41, 5.74) is 7.68. The number of hydrogen-bond donors (Lipinski definition) is 1. The van der Waals surface area contributed by atoms with E-state index in [0.29, 0.717) is 22.6 Å². The maximum Gasteiger partial charge on any atom is 0.161 e. The van der Waals surface area contributed by atoms with E-state index in [1.807, 2.05) is 25.1 Å². The maximum absolute atomic E-state index is 13.2. The Kier molecular flexibility index (Phi) is 5.20. The smallest absolute Gasteiger partial charge is 0.161 e. The van der Waals surface area contributed by atoms with E-state index >= 15 is 0 Å². The highest BCUT2D eigenvalue weighted by atomic mass is 79.9. The van der Waals surface area contributed by atoms with Crippen LogP contribution in [0.25, 0.3) is 0 Å². The van der Waals surface area contributed by atoms with Gasteiger partial charge < -0.3 is 15.2 Å². The molecule has 0 unspecified atom stereocenters. The van der Waals surface area contributed by atoms with Crippen LogP contribution < -0.4 is 15.2 Å². The van der Waals surface area contributed by atoms with Crippen LogP contribution >= 0.6 is 15.9 Å². The third-order valence-corrected chi connectivity index (χ3v) is 3.70. The van der Waals surface area contributed by atoms with E-state index in [9.17, 15) is 4.39 Å². The summed E-state index contributed by atoms with van der Waals surface area (Å²) in [7, 11) is 1.58. The van der Waals surface area contributed by atoms with Crippen molar-refractivity contribution in [3.05, 3.63) is 57.8 Å². The van der Waals surface area contributed by atoms with E-state index in [2.05, 4.69) is 15.9 Å². The summed E-state index contributed by atoms with van der Waals surface area (Å²) in [4.78, 5) is 0. The van der Waals surface area contributed by atoms with E-state index in [1.165, 1.54) is 6.07 Å². The monoisotopic (exact) mass is 353 g/mol. The summed E-state index contributed by atoms with van der Waals surface area (Å²) in [6, 6.07) is 10.3. The highest BCUT2D eigenvalue weighted by Crippen LogP contribution is 2.30. The largest absolute Gasteiger partial charge is 0.493 e. The number of nitrogens with two attached hydrogens (primary N) is 1. The molecule has 0 aromatic heterocycles. The molecule has 112 valence electrons. The quantitative estimate of drug-likeness (QED) is 0.876. The van der Waals surface area contributed by atoms with Gasteiger partial charge in [0, 0.05) is 6.04 Å². The van der Waals surface area contributed by atoms with Crippen molar-refractivity contribution in [2.75, 3.05) is 7.11 Å². The van der Waals surface area contributed by atoms with Crippen molar-refractivity contribution in [2.45, 2.75) is 19.6 Å². The van der Waals surface area contributed by atoms with E-state index in [1.54, 1.807) is 19.2 Å². The summed E-state index contributed by atoms with van der Waals surface area (Å²) < 4.78 is 24.7. The Labute approximate surface area is 132 Å². The second-order valence-electron chi connectivity index (χ2n) is 4.74. The molecule has 1 atom stereocenters. The van der Waals surface area contributed by atoms with Crippen LogP contribution in [0, 0.1) is 5.82 Å². The number of benzene rings is 2. The van der Waals surface area contributed by atoms with Crippen molar-refractivity contribution >= 4 is 15.9 Å². The predicted octanol–water partition coefficient (Wildman–Crippen LogP) is 4.20. The molecule has 3 nitrogen and oxygen atoms in total. The third kappa shape index (κ3) is 3.95. The number of rotatable bonds is 5. The average Bonchev–Trinajstić information content (AvgIpc) is 2.48. The van der Waals surface area contributed by atoms with E-state index < -0.39 is 0 Å². The van der Waals surface area contributed by atoms with Crippen molar-refractivity contribution in [3.63, 3.8) is 0 Å². The van der Waals surface area contributed by atoms with Crippen LogP contribution in [-0.2, 0) is 6.61 Å². The zero-order valence-electron chi connectivity index (χ0n) is 11.9. The Hall–Kier alpha value is -1.59. The maximum atomic E-state index is 13.2. The van der Waals surface area contributed by atoms with Gasteiger partial charge >= 0.3 is 0 Å². The zero-order chi connectivity index (χ0) is 15.4. The van der Waals surface area contributed by atoms with Crippen molar-refractivity contribution < 1.29 is 13.9 Å². The minimum Gasteiger partial charge on any atom is -0.493 e. The minimum absolute atomic E-state index is 0.0685. The molecule has 0 aliphatic rings. The first-order valence-corrected chi connectivity index (χ1v) is 7.31. The van der Waals surface area contributed by atoms with Crippen molar-refractivity contribution in [2.24, 2.45) is 5.73 Å². The Balaban J connectivity index is 2.13. The van der Waals surface area contributed by atoms with Crippen LogP contribution in [0.3, 0.4) is 0 Å². The van der Waals surface area contributed by atoms with Gasteiger partial charge in [0.25, 0.3) is 0 Å². The lowest BCUT2D eigenvalue weighted by Gasteiger charge is -2.14. The lowest BCUT2D eigenvalue weighted by Crippen LogP contribution is -2.05. The van der Waals surface area contributed by atoms with Gasteiger partial charge in [0.1, 0.15) is 12.4 Å². The van der Waals surface area contributed by atoms with Gasteiger partial charge in [-0.2, -0.15) is 0 Å². The second-order valence-corrected chi connectivity index (χ2v) is 5.59. The number of methoxy groups -OCH3 is 1. The molecule has 0 bridgehead atoms. The second kappa shape index (κ2) is 6.91. The molecule has 0 heterocycles. The van der Waals surface area contributed by atoms with Gasteiger partial charge in [-0.05, 0) is 58.2 Å². The Morgan fingerprint density at radius 3 is 2.57 bits per heavy atom. The summed E-state index contributed by atoms with van der Waals surface area (Å²) in [6.45, 7) is 2.23. The summed E-state index contributed by atoms with van der Waals surface area (Å²) >= 11 is 3.16. The number of ether oxygens (including phenoxy) is 2. The molecule has 0 saturated carbocycles. The Morgan fingerprint density at radius 2 is 1.95 bits per heavy atom. The van der Waals surface area contributed by atoms with E-state index in [0.717, 1.165) is 11.1 Å². The first-order chi connectivity index (χ1) is 10.0. The molecule has 0 saturated heterocycles. The molecule has 2 aromatic carbocycles. The fourth-order valence-electron chi connectivity index (χ4n) is 1.88. The lowest BCUT2D eigenvalue weighted by atomic mass is 10.1. The molecule has 21 heavy (non-hydrogen) atoms. The molecule has 0 radical (unpaired) electrons. The highest BCUT2D eigenvalue weighted by molar-refractivity contribution is 9.10. The van der Waals surface area contributed by atoms with E-state index in [-0.39, 0.29) is 11.9 Å². The molecule has 5 heteroatoms. The van der Waals surface area contributed by atoms with Gasteiger partial charge in [-0.3, -0.25) is 0 Å². The molecule has 2 N–H and O–H groups in total. The topological polar surface area (TPSA) is 44.5 Å². The molecule has 2 rings (SSSR count). The standard InChI is InChI=1S/C16H17BrFNO2/c1-10(19)12-4-6-15(16(8-12)20-2)21-9-11-3-5-14(18)13(17)7-11/h3-8,10H,9,19H2,1-2H3/t10-/m1/s1. The predicted molar refractivity (Wildman–Crippen MR) is 84.0 cm³/mol. The summed E-state index contributed by atoms with van der Waals surface area (Å²) in [5.74, 6) is 0.964. The molecule has 2 aromatic rings. The molecule has 0 aliphatic heterocycles. The summed E-state index contributed by atoms with van der Waals surface area (Å²) in [5, 5.41) is 0. The normalized spacial score (nSPS) is 12.0. The average molecular weight is 354 g/mol. The van der Waals surface area contributed by atoms with Crippen molar-refractivity contribution in [1.82, 2.24) is 0 Å². The molecule has 0 fully saturated rings. The van der Waals surface area contributed by atoms with Crippen molar-refractivity contribution in [1.29, 1.82) is 0 Å². The Morgan fingerprint density at radius 1 is 1.19 bits per heavy atom. The van der Waals surface area contributed by atoms with Crippen LogP contribution in [0.15, 0.2) is 40.9 Å². The number of hydrogen-bond acceptors (Lipinski definition) is 3. The third-order valence-electron chi connectivity index (χ3n) is 3.09. The van der Waals surface area contributed by atoms with Gasteiger partial charge in [-0.15, -0.1) is 0 Å². The van der Waals surface area contributed by atoms with Gasteiger partial charge in [-0.1, -0.05) is 12.1 Å². The molecule has 0 amide bonds. The van der Waals surface area contributed by atoms with Crippen LogP contribution in [-0.4, -0.2) is 7.11 Å². The summed E-state index contributed by atoms with van der Waals surface area (Å²) in [6.07, 6.45) is 0.